The molecule has 7 atom stereocenters. The number of fused-ring (bicyclic) bond motifs is 5. The maximum Gasteiger partial charge on any atom is 0.408 e. The fourth-order valence-corrected chi connectivity index (χ4v) is 9.56. The lowest BCUT2D eigenvalue weighted by molar-refractivity contribution is -0.143. The van der Waals surface area contributed by atoms with Crippen LogP contribution in [0.4, 0.5) is 22.4 Å². The molecule has 1 saturated heterocycles. The van der Waals surface area contributed by atoms with Crippen LogP contribution in [0.25, 0.3) is 11.0 Å². The van der Waals surface area contributed by atoms with E-state index in [0.717, 1.165) is 17.2 Å². The van der Waals surface area contributed by atoms with Crippen LogP contribution in [0, 0.1) is 11.3 Å². The fourth-order valence-electron chi connectivity index (χ4n) is 7.52. The number of halogens is 4. The van der Waals surface area contributed by atoms with E-state index in [4.69, 9.17) is 14.2 Å². The highest BCUT2D eigenvalue weighted by Crippen LogP contribution is 2.50. The minimum Gasteiger partial charge on any atom is -0.471 e. The lowest BCUT2D eigenvalue weighted by Gasteiger charge is -2.41. The first kappa shape index (κ1) is 40.8. The molecule has 3 aliphatic carbocycles. The van der Waals surface area contributed by atoms with Gasteiger partial charge >= 0.3 is 12.0 Å². The number of hydrogen-bond donors (Lipinski definition) is 4. The molecule has 312 valence electrons. The standard InChI is InChI=1S/C37H46F4N6O9S/c1-35(2,3)28-32(49)47-18-19(16-24(47)30(48)45-36(17-21(36)29(38)39)33(50)46-57(4,52,53)20-10-11-20)55-31-27(42-22-8-5-6-9-23(22)43-31)37(40,41)14-7-15-54-25-12-13-26(25)56-34(51)44-28/h5-9,14,19-21,24-26,28-29H,10-13,15-18H2,1-4H3,(H,44,51)(H,45,48)(H2,46,50,52,53)/b14-7+/t19-,21+,24+,25-,26-,28-,36-/m1/s1. The van der Waals surface area contributed by atoms with Gasteiger partial charge in [-0.15, -0.1) is 9.53 Å². The number of amides is 4. The predicted molar refractivity (Wildman–Crippen MR) is 196 cm³/mol. The van der Waals surface area contributed by atoms with E-state index in [9.17, 15) is 36.7 Å². The van der Waals surface area contributed by atoms with Crippen molar-refractivity contribution < 1.29 is 59.7 Å². The Balaban J connectivity index is 1.26. The van der Waals surface area contributed by atoms with Gasteiger partial charge in [0.1, 0.15) is 29.8 Å². The van der Waals surface area contributed by atoms with Gasteiger partial charge in [0.15, 0.2) is 5.69 Å². The molecule has 4 amide bonds. The Bertz CT molecular complexity index is 2070. The maximum absolute atomic E-state index is 16.0. The number of nitrogens with zero attached hydrogens (tertiary/aromatic N) is 3. The number of rotatable bonds is 6. The summed E-state index contributed by atoms with van der Waals surface area (Å²) in [6.45, 7) is 4.25. The second kappa shape index (κ2) is 14.1. The summed E-state index contributed by atoms with van der Waals surface area (Å²) in [5.41, 5.74) is -3.85. The Morgan fingerprint density at radius 1 is 1.05 bits per heavy atom. The average Bonchev–Trinajstić information content (AvgIpc) is 4.04. The van der Waals surface area contributed by atoms with Crippen molar-refractivity contribution in [2.75, 3.05) is 19.4 Å². The molecule has 3 saturated carbocycles. The van der Waals surface area contributed by atoms with Crippen molar-refractivity contribution in [1.82, 2.24) is 30.2 Å². The number of ether oxygens (including phenoxy) is 3. The number of alkyl carbamates (subject to hydrolysis) is 1. The summed E-state index contributed by atoms with van der Waals surface area (Å²) in [5.74, 6) is -9.29. The van der Waals surface area contributed by atoms with Crippen molar-refractivity contribution in [2.24, 2.45) is 11.3 Å². The van der Waals surface area contributed by atoms with E-state index in [1.807, 2.05) is 4.72 Å². The van der Waals surface area contributed by atoms with Gasteiger partial charge in [-0.3, -0.25) is 23.7 Å². The molecular weight excluding hydrogens is 780 g/mol. The Labute approximate surface area is 325 Å². The number of alkyl halides is 4. The summed E-state index contributed by atoms with van der Waals surface area (Å²) in [5, 5.41) is 4.17. The molecule has 1 aromatic carbocycles. The van der Waals surface area contributed by atoms with Gasteiger partial charge in [-0.25, -0.2) is 23.5 Å². The Morgan fingerprint density at radius 2 is 1.72 bits per heavy atom. The number of benzene rings is 1. The van der Waals surface area contributed by atoms with E-state index in [0.29, 0.717) is 31.8 Å². The summed E-state index contributed by atoms with van der Waals surface area (Å²) in [4.78, 5) is 65.2. The first-order valence-electron chi connectivity index (χ1n) is 18.8. The third-order valence-corrected chi connectivity index (χ3v) is 13.9. The molecule has 2 aromatic rings. The number of allylic oxidation sites excluding steroid dienone is 1. The zero-order chi connectivity index (χ0) is 41.3. The van der Waals surface area contributed by atoms with Gasteiger partial charge in [-0.2, -0.15) is 13.0 Å². The number of carbonyl (C=O) groups excluding carboxylic acids is 4. The number of nitrogens with one attached hydrogen (secondary N) is 3. The quantitative estimate of drug-likeness (QED) is 0.245. The molecule has 3 heterocycles. The monoisotopic (exact) mass is 826 g/mol. The first-order valence-corrected chi connectivity index (χ1v) is 21.2. The molecule has 15 nitrogen and oxygen atoms in total. The van der Waals surface area contributed by atoms with E-state index < -0.39 is 129 Å². The van der Waals surface area contributed by atoms with Crippen LogP contribution >= 0.6 is 0 Å². The van der Waals surface area contributed by atoms with Crippen LogP contribution < -0.4 is 20.1 Å². The molecule has 4 N–H and O–H groups in total. The van der Waals surface area contributed by atoms with Crippen LogP contribution in [0.1, 0.15) is 65.0 Å². The van der Waals surface area contributed by atoms with E-state index in [1.54, 1.807) is 32.9 Å². The van der Waals surface area contributed by atoms with Gasteiger partial charge in [0.05, 0.1) is 41.5 Å². The highest BCUT2D eigenvalue weighted by atomic mass is 32.3. The average molecular weight is 827 g/mol. The number of para-hydroxylation sites is 2. The van der Waals surface area contributed by atoms with Gasteiger partial charge in [0.25, 0.3) is 5.91 Å². The minimum absolute atomic E-state index is 0.134. The van der Waals surface area contributed by atoms with Crippen molar-refractivity contribution >= 4 is 44.4 Å². The molecule has 0 spiro atoms. The molecule has 7 rings (SSSR count). The van der Waals surface area contributed by atoms with E-state index in [1.165, 1.54) is 12.1 Å². The summed E-state index contributed by atoms with van der Waals surface area (Å²) < 4.78 is 104. The van der Waals surface area contributed by atoms with Gasteiger partial charge < -0.3 is 29.7 Å². The molecule has 5 aliphatic rings. The fraction of sp³-hybridized carbons (Fsp3) is 0.622. The van der Waals surface area contributed by atoms with Crippen LogP contribution in [0.5, 0.6) is 5.88 Å². The number of carbonyl (C=O) groups is 4. The van der Waals surface area contributed by atoms with Crippen molar-refractivity contribution in [3.05, 3.63) is 42.1 Å². The molecule has 0 radical (unpaired) electrons. The minimum atomic E-state index is -4.81. The molecule has 2 aliphatic heterocycles. The largest absolute Gasteiger partial charge is 0.471 e. The van der Waals surface area contributed by atoms with Gasteiger partial charge in [0, 0.05) is 12.7 Å². The van der Waals surface area contributed by atoms with Crippen LogP contribution in [-0.2, 0) is 39.3 Å². The van der Waals surface area contributed by atoms with E-state index >= 15 is 8.78 Å². The van der Waals surface area contributed by atoms with E-state index in [-0.39, 0.29) is 17.6 Å². The second-order valence-corrected chi connectivity index (χ2v) is 20.4. The molecule has 2 bridgehead atoms. The molecule has 0 unspecified atom stereocenters. The summed E-state index contributed by atoms with van der Waals surface area (Å²) in [7, 11) is -4.81. The smallest absolute Gasteiger partial charge is 0.408 e. The highest BCUT2D eigenvalue weighted by molar-refractivity contribution is 8.14. The maximum atomic E-state index is 16.0. The normalized spacial score (nSPS) is 31.8. The Hall–Kier alpha value is -4.43. The summed E-state index contributed by atoms with van der Waals surface area (Å²) in [6, 6.07) is 3.30. The molecule has 4 fully saturated rings. The number of hydrogen-bond acceptors (Lipinski definition) is 10. The Kier molecular flexibility index (Phi) is 10.1. The first-order chi connectivity index (χ1) is 26.6. The van der Waals surface area contributed by atoms with Gasteiger partial charge in [-0.1, -0.05) is 39.0 Å². The molecular formula is C37H46F4N6O9S. The highest BCUT2D eigenvalue weighted by Gasteiger charge is 2.67. The topological polar surface area (TPSA) is 198 Å². The van der Waals surface area contributed by atoms with Crippen molar-refractivity contribution in [2.45, 2.75) is 113 Å². The van der Waals surface area contributed by atoms with Crippen LogP contribution in [0.15, 0.2) is 36.4 Å². The second-order valence-electron chi connectivity index (χ2n) is 16.8. The third-order valence-electron chi connectivity index (χ3n) is 11.2. The van der Waals surface area contributed by atoms with Crippen molar-refractivity contribution in [3.8, 4) is 5.88 Å². The van der Waals surface area contributed by atoms with Crippen molar-refractivity contribution in [1.29, 1.82) is 0 Å². The molecule has 57 heavy (non-hydrogen) atoms. The van der Waals surface area contributed by atoms with Crippen molar-refractivity contribution in [3.63, 3.8) is 0 Å². The number of aromatic nitrogens is 2. The van der Waals surface area contributed by atoms with Gasteiger partial charge in [0.2, 0.25) is 24.1 Å². The van der Waals surface area contributed by atoms with Gasteiger partial charge in [-0.05, 0) is 55.7 Å². The lowest BCUT2D eigenvalue weighted by Crippen LogP contribution is -2.63. The van der Waals surface area contributed by atoms with Crippen LogP contribution in [0.3, 0.4) is 0 Å². The SMILES string of the molecule is CC(C)(C)[C@@H]1NC(=O)O[C@@H]2CC[C@H]2OC/C=C/C(F)(F)c2nc3ccccc3nc2O[C@@H]2C[C@@H](C(=O)N[C@]3(C(=O)NS(C)(=O)(O)C4CC4)C[C@H]3C(F)F)N(C2)C1=O. The third kappa shape index (κ3) is 8.17. The zero-order valence-corrected chi connectivity index (χ0v) is 32.5. The zero-order valence-electron chi connectivity index (χ0n) is 31.7. The summed E-state index contributed by atoms with van der Waals surface area (Å²) in [6.07, 6.45) is -3.50. The predicted octanol–water partition coefficient (Wildman–Crippen LogP) is 3.58. The van der Waals surface area contributed by atoms with E-state index in [2.05, 4.69) is 20.6 Å². The Morgan fingerprint density at radius 3 is 2.32 bits per heavy atom. The van der Waals surface area contributed by atoms with Crippen LogP contribution in [-0.4, -0.2) is 114 Å². The summed E-state index contributed by atoms with van der Waals surface area (Å²) >= 11 is 0. The lowest BCUT2D eigenvalue weighted by atomic mass is 9.85. The van der Waals surface area contributed by atoms with Crippen LogP contribution in [0.2, 0.25) is 0 Å². The molecule has 1 aromatic heterocycles. The molecule has 20 heteroatoms.